The van der Waals surface area contributed by atoms with E-state index in [0.29, 0.717) is 29.1 Å². The lowest BCUT2D eigenvalue weighted by molar-refractivity contribution is -0.384. The van der Waals surface area contributed by atoms with Crippen LogP contribution >= 0.6 is 0 Å². The smallest absolute Gasteiger partial charge is 0.319 e. The molecular weight excluding hydrogens is 340 g/mol. The Morgan fingerprint density at radius 2 is 2.00 bits per heavy atom. The van der Waals surface area contributed by atoms with Crippen LogP contribution in [0, 0.1) is 10.1 Å². The monoisotopic (exact) mass is 354 g/mol. The molecule has 0 spiro atoms. The Balaban J connectivity index is 1.63. The Morgan fingerprint density at radius 3 is 2.65 bits per heavy atom. The van der Waals surface area contributed by atoms with Gasteiger partial charge in [0, 0.05) is 12.1 Å². The number of hydrogen-bond acceptors (Lipinski definition) is 5. The minimum absolute atomic E-state index is 0.0552. The number of carbonyl (C=O) groups is 2. The number of amides is 3. The van der Waals surface area contributed by atoms with Crippen LogP contribution in [0.15, 0.2) is 58.3 Å². The fourth-order valence-corrected chi connectivity index (χ4v) is 3.19. The maximum absolute atomic E-state index is 12.9. The second kappa shape index (κ2) is 6.03. The number of non-ortho nitro benzene ring substituents is 1. The number of nitro groups is 1. The summed E-state index contributed by atoms with van der Waals surface area (Å²) in [6, 6.07) is 8.23. The maximum atomic E-state index is 12.9. The van der Waals surface area contributed by atoms with Gasteiger partial charge in [-0.1, -0.05) is 0 Å². The molecule has 2 aliphatic rings. The predicted octanol–water partition coefficient (Wildman–Crippen LogP) is 1.84. The Hall–Kier alpha value is -3.62. The highest BCUT2D eigenvalue weighted by Crippen LogP contribution is 2.33. The highest BCUT2D eigenvalue weighted by molar-refractivity contribution is 6.01. The van der Waals surface area contributed by atoms with Crippen molar-refractivity contribution >= 4 is 17.6 Å². The zero-order valence-electron chi connectivity index (χ0n) is 13.5. The topological polar surface area (TPSA) is 118 Å². The Labute approximate surface area is 147 Å². The number of rotatable bonds is 4. The molecule has 132 valence electrons. The Kier molecular flexibility index (Phi) is 3.68. The van der Waals surface area contributed by atoms with Crippen molar-refractivity contribution in [2.45, 2.75) is 12.6 Å². The van der Waals surface area contributed by atoms with Crippen molar-refractivity contribution in [3.8, 4) is 0 Å². The Morgan fingerprint density at radius 1 is 1.23 bits per heavy atom. The summed E-state index contributed by atoms with van der Waals surface area (Å²) in [5.41, 5.74) is 1.52. The minimum atomic E-state index is -0.659. The number of nitrogens with one attached hydrogen (secondary N) is 2. The van der Waals surface area contributed by atoms with Crippen LogP contribution in [0.25, 0.3) is 0 Å². The molecule has 2 N–H and O–H groups in total. The van der Waals surface area contributed by atoms with Gasteiger partial charge in [0.2, 0.25) is 0 Å². The molecule has 0 saturated carbocycles. The first-order valence-electron chi connectivity index (χ1n) is 7.89. The molecule has 0 aliphatic carbocycles. The molecule has 4 rings (SSSR count). The summed E-state index contributed by atoms with van der Waals surface area (Å²) in [4.78, 5) is 36.7. The van der Waals surface area contributed by atoms with Crippen LogP contribution in [0.3, 0.4) is 0 Å². The van der Waals surface area contributed by atoms with Gasteiger partial charge in [-0.3, -0.25) is 14.9 Å². The first-order chi connectivity index (χ1) is 12.5. The third-order valence-corrected chi connectivity index (χ3v) is 4.38. The van der Waals surface area contributed by atoms with Gasteiger partial charge in [0.15, 0.2) is 0 Å². The van der Waals surface area contributed by atoms with Gasteiger partial charge >= 0.3 is 6.03 Å². The molecule has 9 nitrogen and oxygen atoms in total. The number of nitro benzene ring substituents is 1. The zero-order valence-corrected chi connectivity index (χ0v) is 13.5. The summed E-state index contributed by atoms with van der Waals surface area (Å²) < 4.78 is 5.29. The molecule has 2 aliphatic heterocycles. The van der Waals surface area contributed by atoms with E-state index in [1.165, 1.54) is 18.4 Å². The molecule has 0 radical (unpaired) electrons. The average Bonchev–Trinajstić information content (AvgIpc) is 3.23. The fraction of sp³-hybridized carbons (Fsp3) is 0.176. The lowest BCUT2D eigenvalue weighted by atomic mass is 9.96. The van der Waals surface area contributed by atoms with E-state index in [1.54, 1.807) is 29.2 Å². The summed E-state index contributed by atoms with van der Waals surface area (Å²) in [5.74, 6) is 0.427. The van der Waals surface area contributed by atoms with Crippen molar-refractivity contribution in [2.75, 3.05) is 6.54 Å². The molecule has 9 heteroatoms. The normalized spacial score (nSPS) is 19.2. The van der Waals surface area contributed by atoms with Gasteiger partial charge in [-0.15, -0.1) is 0 Å². The molecular formula is C17H14N4O5. The van der Waals surface area contributed by atoms with Crippen molar-refractivity contribution in [3.05, 3.63) is 75.4 Å². The third-order valence-electron chi connectivity index (χ3n) is 4.38. The molecule has 0 unspecified atom stereocenters. The molecule has 1 aromatic heterocycles. The van der Waals surface area contributed by atoms with E-state index < -0.39 is 17.0 Å². The second-order valence-electron chi connectivity index (χ2n) is 6.01. The lowest BCUT2D eigenvalue weighted by Crippen LogP contribution is -2.44. The number of nitrogens with zero attached hydrogens (tertiary/aromatic N) is 2. The summed E-state index contributed by atoms with van der Waals surface area (Å²) >= 11 is 0. The second-order valence-corrected chi connectivity index (χ2v) is 6.01. The lowest BCUT2D eigenvalue weighted by Gasteiger charge is -2.25. The third kappa shape index (κ3) is 2.69. The van der Waals surface area contributed by atoms with Crippen LogP contribution in [0.4, 0.5) is 10.5 Å². The van der Waals surface area contributed by atoms with E-state index in [-0.39, 0.29) is 18.1 Å². The summed E-state index contributed by atoms with van der Waals surface area (Å²) in [6.07, 6.45) is 1.53. The van der Waals surface area contributed by atoms with E-state index in [0.717, 1.165) is 0 Å². The van der Waals surface area contributed by atoms with Crippen molar-refractivity contribution in [2.24, 2.45) is 0 Å². The fourth-order valence-electron chi connectivity index (χ4n) is 3.19. The average molecular weight is 354 g/mol. The summed E-state index contributed by atoms with van der Waals surface area (Å²) in [7, 11) is 0. The number of furan rings is 1. The first kappa shape index (κ1) is 15.9. The summed E-state index contributed by atoms with van der Waals surface area (Å²) in [6.45, 7) is 0.563. The molecule has 0 fully saturated rings. The van der Waals surface area contributed by atoms with E-state index in [4.69, 9.17) is 4.42 Å². The number of urea groups is 1. The van der Waals surface area contributed by atoms with Crippen LogP contribution in [0.1, 0.15) is 17.4 Å². The largest absolute Gasteiger partial charge is 0.467 e. The number of benzene rings is 1. The molecule has 0 bridgehead atoms. The van der Waals surface area contributed by atoms with Gasteiger partial charge in [-0.05, 0) is 29.8 Å². The van der Waals surface area contributed by atoms with Gasteiger partial charge in [-0.25, -0.2) is 4.79 Å². The maximum Gasteiger partial charge on any atom is 0.319 e. The zero-order chi connectivity index (χ0) is 18.3. The molecule has 26 heavy (non-hydrogen) atoms. The van der Waals surface area contributed by atoms with Crippen molar-refractivity contribution < 1.29 is 18.9 Å². The van der Waals surface area contributed by atoms with Crippen LogP contribution in [0.5, 0.6) is 0 Å². The SMILES string of the molecule is O=C1NC2=C(C(=O)N(Cc3ccco3)C2)[C@H](c2ccc([N+](=O)[O-])cc2)N1. The molecule has 2 aromatic rings. The van der Waals surface area contributed by atoms with Crippen molar-refractivity contribution in [3.63, 3.8) is 0 Å². The van der Waals surface area contributed by atoms with Crippen LogP contribution in [0.2, 0.25) is 0 Å². The molecule has 1 aromatic carbocycles. The van der Waals surface area contributed by atoms with Gasteiger partial charge in [-0.2, -0.15) is 0 Å². The van der Waals surface area contributed by atoms with Crippen molar-refractivity contribution in [1.29, 1.82) is 0 Å². The predicted molar refractivity (Wildman–Crippen MR) is 88.7 cm³/mol. The molecule has 1 atom stereocenters. The van der Waals surface area contributed by atoms with Gasteiger partial charge in [0.25, 0.3) is 11.6 Å². The Bertz CT molecular complexity index is 917. The molecule has 0 saturated heterocycles. The van der Waals surface area contributed by atoms with Crippen LogP contribution in [-0.2, 0) is 11.3 Å². The number of hydrogen-bond donors (Lipinski definition) is 2. The van der Waals surface area contributed by atoms with Gasteiger partial charge in [0.1, 0.15) is 5.76 Å². The van der Waals surface area contributed by atoms with Crippen LogP contribution < -0.4 is 10.6 Å². The van der Waals surface area contributed by atoms with E-state index in [2.05, 4.69) is 10.6 Å². The summed E-state index contributed by atoms with van der Waals surface area (Å²) in [5, 5.41) is 16.2. The standard InChI is InChI=1S/C17H14N4O5/c22-16-14-13(9-20(16)8-12-2-1-7-26-12)18-17(23)19-15(14)10-3-5-11(6-4-10)21(24)25/h1-7,15H,8-9H2,(H2,18,19,23)/t15-/m0/s1. The highest BCUT2D eigenvalue weighted by atomic mass is 16.6. The quantitative estimate of drug-likeness (QED) is 0.642. The van der Waals surface area contributed by atoms with Gasteiger partial charge < -0.3 is 20.0 Å². The van der Waals surface area contributed by atoms with E-state index in [1.807, 2.05) is 0 Å². The first-order valence-corrected chi connectivity index (χ1v) is 7.89. The number of carbonyl (C=O) groups excluding carboxylic acids is 2. The minimum Gasteiger partial charge on any atom is -0.467 e. The van der Waals surface area contributed by atoms with Crippen LogP contribution in [-0.4, -0.2) is 28.3 Å². The van der Waals surface area contributed by atoms with Crippen molar-refractivity contribution in [1.82, 2.24) is 15.5 Å². The van der Waals surface area contributed by atoms with E-state index >= 15 is 0 Å². The van der Waals surface area contributed by atoms with E-state index in [9.17, 15) is 19.7 Å². The molecule has 3 heterocycles. The molecule has 3 amide bonds. The highest BCUT2D eigenvalue weighted by Gasteiger charge is 2.40. The van der Waals surface area contributed by atoms with Gasteiger partial charge in [0.05, 0.1) is 41.6 Å².